The number of nitrogens with two attached hydrogens (primary N) is 1. The highest BCUT2D eigenvalue weighted by Gasteiger charge is 2.04. The minimum Gasteiger partial charge on any atom is -0.493 e. The van der Waals surface area contributed by atoms with Gasteiger partial charge in [-0.1, -0.05) is 15.9 Å². The second-order valence-corrected chi connectivity index (χ2v) is 4.98. The fourth-order valence-electron chi connectivity index (χ4n) is 1.65. The highest BCUT2D eigenvalue weighted by Crippen LogP contribution is 2.28. The molecule has 2 N–H and O–H groups in total. The molecule has 106 valence electrons. The van der Waals surface area contributed by atoms with Gasteiger partial charge in [0.1, 0.15) is 19.0 Å². The maximum atomic E-state index is 5.72. The number of benzene rings is 2. The van der Waals surface area contributed by atoms with Gasteiger partial charge in [-0.3, -0.25) is 0 Å². The number of ether oxygens (including phenoxy) is 3. The molecule has 0 saturated heterocycles. The Balaban J connectivity index is 1.84. The van der Waals surface area contributed by atoms with Gasteiger partial charge in [0.2, 0.25) is 0 Å². The van der Waals surface area contributed by atoms with Crippen LogP contribution in [0, 0.1) is 0 Å². The second-order valence-electron chi connectivity index (χ2n) is 4.06. The average Bonchev–Trinajstić information content (AvgIpc) is 2.46. The first-order valence-corrected chi connectivity index (χ1v) is 6.93. The van der Waals surface area contributed by atoms with E-state index in [1.165, 1.54) is 0 Å². The van der Waals surface area contributed by atoms with Crippen LogP contribution >= 0.6 is 15.9 Å². The highest BCUT2D eigenvalue weighted by atomic mass is 79.9. The van der Waals surface area contributed by atoms with Gasteiger partial charge in [0.25, 0.3) is 0 Å². The Morgan fingerprint density at radius 2 is 1.65 bits per heavy atom. The van der Waals surface area contributed by atoms with Gasteiger partial charge in [-0.05, 0) is 36.4 Å². The Kier molecular flexibility index (Phi) is 5.12. The number of nitrogen functional groups attached to an aromatic ring is 1. The van der Waals surface area contributed by atoms with Gasteiger partial charge in [-0.25, -0.2) is 0 Å². The van der Waals surface area contributed by atoms with Crippen LogP contribution in [0.4, 0.5) is 5.69 Å². The van der Waals surface area contributed by atoms with Crippen LogP contribution in [-0.2, 0) is 0 Å². The molecule has 4 nitrogen and oxygen atoms in total. The van der Waals surface area contributed by atoms with E-state index >= 15 is 0 Å². The zero-order chi connectivity index (χ0) is 14.4. The zero-order valence-corrected chi connectivity index (χ0v) is 12.7. The van der Waals surface area contributed by atoms with Gasteiger partial charge >= 0.3 is 0 Å². The van der Waals surface area contributed by atoms with Gasteiger partial charge in [-0.2, -0.15) is 0 Å². The van der Waals surface area contributed by atoms with Crippen molar-refractivity contribution in [3.8, 4) is 17.2 Å². The SMILES string of the molecule is COc1ccc(N)cc1OCCOc1ccc(Br)cc1. The van der Waals surface area contributed by atoms with E-state index < -0.39 is 0 Å². The highest BCUT2D eigenvalue weighted by molar-refractivity contribution is 9.10. The molecule has 2 aromatic rings. The fourth-order valence-corrected chi connectivity index (χ4v) is 1.91. The molecule has 2 aromatic carbocycles. The van der Waals surface area contributed by atoms with E-state index in [9.17, 15) is 0 Å². The Labute approximate surface area is 126 Å². The molecule has 20 heavy (non-hydrogen) atoms. The average molecular weight is 338 g/mol. The third-order valence-corrected chi connectivity index (χ3v) is 3.14. The number of rotatable bonds is 6. The first-order chi connectivity index (χ1) is 9.69. The van der Waals surface area contributed by atoms with Crippen LogP contribution in [0.3, 0.4) is 0 Å². The summed E-state index contributed by atoms with van der Waals surface area (Å²) in [6.45, 7) is 0.857. The first-order valence-electron chi connectivity index (χ1n) is 6.14. The van der Waals surface area contributed by atoms with E-state index in [1.807, 2.05) is 24.3 Å². The van der Waals surface area contributed by atoms with Crippen LogP contribution in [0.1, 0.15) is 0 Å². The Morgan fingerprint density at radius 1 is 0.950 bits per heavy atom. The van der Waals surface area contributed by atoms with Crippen LogP contribution in [0.15, 0.2) is 46.9 Å². The number of anilines is 1. The zero-order valence-electron chi connectivity index (χ0n) is 11.1. The molecule has 0 aliphatic rings. The summed E-state index contributed by atoms with van der Waals surface area (Å²) in [6, 6.07) is 12.9. The van der Waals surface area contributed by atoms with Gasteiger partial charge in [0, 0.05) is 16.2 Å². The Hall–Kier alpha value is -1.88. The summed E-state index contributed by atoms with van der Waals surface area (Å²) in [5, 5.41) is 0. The minimum atomic E-state index is 0.413. The van der Waals surface area contributed by atoms with Crippen LogP contribution in [0.5, 0.6) is 17.2 Å². The maximum absolute atomic E-state index is 5.72. The normalized spacial score (nSPS) is 10.1. The van der Waals surface area contributed by atoms with Crippen LogP contribution in [-0.4, -0.2) is 20.3 Å². The Morgan fingerprint density at radius 3 is 2.35 bits per heavy atom. The number of hydrogen-bond acceptors (Lipinski definition) is 4. The van der Waals surface area contributed by atoms with E-state index in [4.69, 9.17) is 19.9 Å². The molecule has 0 radical (unpaired) electrons. The molecule has 0 fully saturated rings. The van der Waals surface area contributed by atoms with Crippen molar-refractivity contribution < 1.29 is 14.2 Å². The minimum absolute atomic E-state index is 0.413. The quantitative estimate of drug-likeness (QED) is 0.647. The van der Waals surface area contributed by atoms with Crippen molar-refractivity contribution in [3.63, 3.8) is 0 Å². The third kappa shape index (κ3) is 4.06. The summed E-state index contributed by atoms with van der Waals surface area (Å²) in [6.07, 6.45) is 0. The summed E-state index contributed by atoms with van der Waals surface area (Å²) in [4.78, 5) is 0. The largest absolute Gasteiger partial charge is 0.493 e. The maximum Gasteiger partial charge on any atom is 0.163 e. The lowest BCUT2D eigenvalue weighted by atomic mass is 10.3. The molecule has 0 bridgehead atoms. The number of hydrogen-bond donors (Lipinski definition) is 1. The molecule has 0 heterocycles. The predicted octanol–water partition coefficient (Wildman–Crippen LogP) is 3.50. The topological polar surface area (TPSA) is 53.7 Å². The van der Waals surface area contributed by atoms with Crippen LogP contribution < -0.4 is 19.9 Å². The van der Waals surface area contributed by atoms with E-state index in [-0.39, 0.29) is 0 Å². The smallest absolute Gasteiger partial charge is 0.163 e. The molecule has 2 rings (SSSR count). The van der Waals surface area contributed by atoms with Gasteiger partial charge < -0.3 is 19.9 Å². The lowest BCUT2D eigenvalue weighted by Crippen LogP contribution is -2.09. The second kappa shape index (κ2) is 7.05. The lowest BCUT2D eigenvalue weighted by molar-refractivity contribution is 0.211. The summed E-state index contributed by atoms with van der Waals surface area (Å²) < 4.78 is 17.4. The third-order valence-electron chi connectivity index (χ3n) is 2.61. The van der Waals surface area contributed by atoms with Crippen molar-refractivity contribution in [2.45, 2.75) is 0 Å². The molecule has 0 aromatic heterocycles. The molecular weight excluding hydrogens is 322 g/mol. The number of methoxy groups -OCH3 is 1. The van der Waals surface area contributed by atoms with Crippen LogP contribution in [0.2, 0.25) is 0 Å². The molecule has 0 saturated carbocycles. The van der Waals surface area contributed by atoms with Crippen molar-refractivity contribution in [1.29, 1.82) is 0 Å². The monoisotopic (exact) mass is 337 g/mol. The van der Waals surface area contributed by atoms with E-state index in [0.29, 0.717) is 30.4 Å². The molecular formula is C15H16BrNO3. The van der Waals surface area contributed by atoms with E-state index in [0.717, 1.165) is 10.2 Å². The van der Waals surface area contributed by atoms with Gasteiger partial charge in [0.15, 0.2) is 11.5 Å². The van der Waals surface area contributed by atoms with Crippen molar-refractivity contribution in [2.24, 2.45) is 0 Å². The standard InChI is InChI=1S/C15H16BrNO3/c1-18-14-7-4-12(17)10-15(14)20-9-8-19-13-5-2-11(16)3-6-13/h2-7,10H,8-9,17H2,1H3. The molecule has 0 atom stereocenters. The van der Waals surface area contributed by atoms with E-state index in [2.05, 4.69) is 15.9 Å². The number of halogens is 1. The first kappa shape index (κ1) is 14.5. The molecule has 5 heteroatoms. The molecule has 0 aliphatic heterocycles. The summed E-state index contributed by atoms with van der Waals surface area (Å²) in [7, 11) is 1.59. The lowest BCUT2D eigenvalue weighted by Gasteiger charge is -2.12. The predicted molar refractivity (Wildman–Crippen MR) is 82.5 cm³/mol. The van der Waals surface area contributed by atoms with Crippen molar-refractivity contribution in [1.82, 2.24) is 0 Å². The van der Waals surface area contributed by atoms with Crippen molar-refractivity contribution in [3.05, 3.63) is 46.9 Å². The molecule has 0 unspecified atom stereocenters. The van der Waals surface area contributed by atoms with Crippen molar-refractivity contribution in [2.75, 3.05) is 26.1 Å². The Bertz CT molecular complexity index is 558. The van der Waals surface area contributed by atoms with Crippen LogP contribution in [0.25, 0.3) is 0 Å². The molecule has 0 spiro atoms. The molecule has 0 aliphatic carbocycles. The fraction of sp³-hybridized carbons (Fsp3) is 0.200. The van der Waals surface area contributed by atoms with Crippen molar-refractivity contribution >= 4 is 21.6 Å². The summed E-state index contributed by atoms with van der Waals surface area (Å²) in [5.74, 6) is 2.08. The van der Waals surface area contributed by atoms with Gasteiger partial charge in [0.05, 0.1) is 7.11 Å². The summed E-state index contributed by atoms with van der Waals surface area (Å²) >= 11 is 3.37. The van der Waals surface area contributed by atoms with Gasteiger partial charge in [-0.15, -0.1) is 0 Å². The molecule has 0 amide bonds. The van der Waals surface area contributed by atoms with E-state index in [1.54, 1.807) is 25.3 Å². The summed E-state index contributed by atoms with van der Waals surface area (Å²) in [5.41, 5.74) is 6.35.